The number of nitrogens with one attached hydrogen (secondary N) is 1. The highest BCUT2D eigenvalue weighted by Crippen LogP contribution is 2.29. The lowest BCUT2D eigenvalue weighted by Gasteiger charge is -2.32. The molecule has 8 nitrogen and oxygen atoms in total. The minimum Gasteiger partial charge on any atom is -0.368 e. The van der Waals surface area contributed by atoms with Crippen molar-refractivity contribution >= 4 is 23.0 Å². The van der Waals surface area contributed by atoms with E-state index in [0.717, 1.165) is 6.42 Å². The zero-order chi connectivity index (χ0) is 17.8. The van der Waals surface area contributed by atoms with Crippen molar-refractivity contribution in [2.75, 3.05) is 16.8 Å². The topological polar surface area (TPSA) is 112 Å². The zero-order valence-corrected chi connectivity index (χ0v) is 13.3. The number of carbonyl (C=O) groups is 1. The van der Waals surface area contributed by atoms with E-state index in [1.165, 1.54) is 18.2 Å². The largest absolute Gasteiger partial charge is 0.368 e. The number of hydrogen-bond acceptors (Lipinski definition) is 6. The molecule has 1 aromatic heterocycles. The molecule has 1 aliphatic rings. The Hall–Kier alpha value is -3.47. The number of nitrogens with zero attached hydrogens (tertiary/aromatic N) is 4. The molecule has 8 heteroatoms. The van der Waals surface area contributed by atoms with Gasteiger partial charge in [-0.3, -0.25) is 19.9 Å². The second-order valence-electron chi connectivity index (χ2n) is 5.64. The number of nitriles is 1. The van der Waals surface area contributed by atoms with Gasteiger partial charge in [0.15, 0.2) is 0 Å². The molecule has 1 saturated heterocycles. The van der Waals surface area contributed by atoms with Gasteiger partial charge >= 0.3 is 0 Å². The van der Waals surface area contributed by atoms with Crippen LogP contribution in [0.2, 0.25) is 0 Å². The van der Waals surface area contributed by atoms with Crippen molar-refractivity contribution in [3.63, 3.8) is 0 Å². The van der Waals surface area contributed by atoms with Crippen molar-refractivity contribution in [1.82, 2.24) is 4.98 Å². The quantitative estimate of drug-likeness (QED) is 0.677. The Morgan fingerprint density at radius 3 is 2.92 bits per heavy atom. The van der Waals surface area contributed by atoms with Gasteiger partial charge in [-0.25, -0.2) is 0 Å². The molecule has 0 saturated carbocycles. The van der Waals surface area contributed by atoms with Gasteiger partial charge in [0.05, 0.1) is 28.4 Å². The van der Waals surface area contributed by atoms with Crippen molar-refractivity contribution in [3.8, 4) is 6.07 Å². The number of benzene rings is 1. The molecular weight excluding hydrogens is 322 g/mol. The Bertz CT molecular complexity index is 847. The lowest BCUT2D eigenvalue weighted by Crippen LogP contribution is -2.47. The third kappa shape index (κ3) is 3.40. The van der Waals surface area contributed by atoms with Crippen LogP contribution in [0.15, 0.2) is 42.7 Å². The average Bonchev–Trinajstić information content (AvgIpc) is 2.64. The zero-order valence-electron chi connectivity index (χ0n) is 13.3. The van der Waals surface area contributed by atoms with Crippen LogP contribution in [0.4, 0.5) is 17.1 Å². The van der Waals surface area contributed by atoms with Gasteiger partial charge in [0.25, 0.3) is 5.69 Å². The van der Waals surface area contributed by atoms with Crippen molar-refractivity contribution in [2.24, 2.45) is 0 Å². The highest BCUT2D eigenvalue weighted by Gasteiger charge is 2.31. The summed E-state index contributed by atoms with van der Waals surface area (Å²) in [7, 11) is 0. The molecule has 2 heterocycles. The minimum absolute atomic E-state index is 0.155. The molecule has 0 spiro atoms. The Morgan fingerprint density at radius 2 is 2.24 bits per heavy atom. The van der Waals surface area contributed by atoms with Crippen molar-refractivity contribution < 1.29 is 9.72 Å². The van der Waals surface area contributed by atoms with Crippen LogP contribution in [0.25, 0.3) is 0 Å². The number of amides is 1. The van der Waals surface area contributed by atoms with Crippen molar-refractivity contribution in [3.05, 3.63) is 58.4 Å². The Kier molecular flexibility index (Phi) is 4.57. The lowest BCUT2D eigenvalue weighted by molar-refractivity contribution is -0.384. The van der Waals surface area contributed by atoms with Crippen LogP contribution in [-0.4, -0.2) is 28.4 Å². The fraction of sp³-hybridized carbons (Fsp3) is 0.235. The van der Waals surface area contributed by atoms with Gasteiger partial charge in [0.2, 0.25) is 5.91 Å². The highest BCUT2D eigenvalue weighted by atomic mass is 16.6. The Labute approximate surface area is 143 Å². The van der Waals surface area contributed by atoms with E-state index in [1.54, 1.807) is 29.4 Å². The first-order chi connectivity index (χ1) is 12.1. The molecule has 0 radical (unpaired) electrons. The van der Waals surface area contributed by atoms with Crippen LogP contribution in [0.1, 0.15) is 18.4 Å². The van der Waals surface area contributed by atoms with Crippen LogP contribution in [-0.2, 0) is 4.79 Å². The molecular formula is C17H15N5O3. The van der Waals surface area contributed by atoms with Crippen LogP contribution in [0, 0.1) is 21.4 Å². The summed E-state index contributed by atoms with van der Waals surface area (Å²) in [4.78, 5) is 29.1. The number of aromatic nitrogens is 1. The molecule has 1 N–H and O–H groups in total. The first-order valence-electron chi connectivity index (χ1n) is 7.76. The molecule has 0 bridgehead atoms. The summed E-state index contributed by atoms with van der Waals surface area (Å²) < 4.78 is 0. The van der Waals surface area contributed by atoms with E-state index >= 15 is 0 Å². The Balaban J connectivity index is 1.85. The smallest absolute Gasteiger partial charge is 0.293 e. The highest BCUT2D eigenvalue weighted by molar-refractivity contribution is 5.99. The van der Waals surface area contributed by atoms with E-state index in [4.69, 9.17) is 5.26 Å². The van der Waals surface area contributed by atoms with E-state index in [2.05, 4.69) is 10.3 Å². The maximum absolute atomic E-state index is 12.7. The van der Waals surface area contributed by atoms with Crippen molar-refractivity contribution in [1.29, 1.82) is 5.26 Å². The van der Waals surface area contributed by atoms with E-state index in [9.17, 15) is 14.9 Å². The predicted molar refractivity (Wildman–Crippen MR) is 91.0 cm³/mol. The second-order valence-corrected chi connectivity index (χ2v) is 5.64. The summed E-state index contributed by atoms with van der Waals surface area (Å²) in [5.74, 6) is -0.155. The standard InChI is InChI=1S/C17H15N5O3/c18-10-12-5-6-14(16(9-12)22(24)25)20-15-4-2-8-21(17(15)23)13-3-1-7-19-11-13/h1,3,5-7,9,11,15,20H,2,4,8H2. The molecule has 126 valence electrons. The van der Waals surface area contributed by atoms with Gasteiger partial charge in [-0.1, -0.05) is 0 Å². The van der Waals surface area contributed by atoms with Gasteiger partial charge < -0.3 is 10.2 Å². The van der Waals surface area contributed by atoms with Gasteiger partial charge in [-0.05, 0) is 37.1 Å². The summed E-state index contributed by atoms with van der Waals surface area (Å²) in [6.45, 7) is 0.582. The summed E-state index contributed by atoms with van der Waals surface area (Å²) >= 11 is 0. The van der Waals surface area contributed by atoms with Gasteiger partial charge in [-0.15, -0.1) is 0 Å². The summed E-state index contributed by atoms with van der Waals surface area (Å²) in [5, 5.41) is 23.1. The maximum atomic E-state index is 12.7. The van der Waals surface area contributed by atoms with Crippen LogP contribution in [0.3, 0.4) is 0 Å². The predicted octanol–water partition coefficient (Wildman–Crippen LogP) is 2.47. The van der Waals surface area contributed by atoms with E-state index in [0.29, 0.717) is 18.7 Å². The van der Waals surface area contributed by atoms with Gasteiger partial charge in [-0.2, -0.15) is 5.26 Å². The third-order valence-corrected chi connectivity index (χ3v) is 4.05. The normalized spacial score (nSPS) is 17.0. The van der Waals surface area contributed by atoms with Crippen LogP contribution in [0.5, 0.6) is 0 Å². The number of pyridine rings is 1. The summed E-state index contributed by atoms with van der Waals surface area (Å²) in [6, 6.07) is 9.02. The average molecular weight is 337 g/mol. The van der Waals surface area contributed by atoms with E-state index < -0.39 is 11.0 Å². The monoisotopic (exact) mass is 337 g/mol. The number of hydrogen-bond donors (Lipinski definition) is 1. The molecule has 1 aliphatic heterocycles. The minimum atomic E-state index is -0.569. The van der Waals surface area contributed by atoms with Crippen LogP contribution < -0.4 is 10.2 Å². The van der Waals surface area contributed by atoms with E-state index in [-0.39, 0.29) is 22.8 Å². The molecule has 0 aliphatic carbocycles. The summed E-state index contributed by atoms with van der Waals surface area (Å²) in [6.07, 6.45) is 4.59. The van der Waals surface area contributed by atoms with E-state index in [1.807, 2.05) is 6.07 Å². The lowest BCUT2D eigenvalue weighted by atomic mass is 10.0. The van der Waals surface area contributed by atoms with Crippen LogP contribution >= 0.6 is 0 Å². The molecule has 2 aromatic rings. The third-order valence-electron chi connectivity index (χ3n) is 4.05. The molecule has 1 fully saturated rings. The van der Waals surface area contributed by atoms with Crippen molar-refractivity contribution in [2.45, 2.75) is 18.9 Å². The molecule has 25 heavy (non-hydrogen) atoms. The first kappa shape index (κ1) is 16.4. The number of piperidine rings is 1. The number of nitro benzene ring substituents is 1. The molecule has 1 unspecified atom stereocenters. The number of nitro groups is 1. The fourth-order valence-electron chi connectivity index (χ4n) is 2.84. The van der Waals surface area contributed by atoms with Gasteiger partial charge in [0, 0.05) is 18.8 Å². The molecule has 1 aromatic carbocycles. The summed E-state index contributed by atoms with van der Waals surface area (Å²) in [5.41, 5.74) is 0.915. The Morgan fingerprint density at radius 1 is 1.40 bits per heavy atom. The SMILES string of the molecule is N#Cc1ccc(NC2CCCN(c3cccnc3)C2=O)c([N+](=O)[O-])c1. The number of anilines is 2. The molecule has 1 atom stereocenters. The number of rotatable bonds is 4. The second kappa shape index (κ2) is 6.97. The first-order valence-corrected chi connectivity index (χ1v) is 7.76. The molecule has 1 amide bonds. The maximum Gasteiger partial charge on any atom is 0.293 e. The fourth-order valence-corrected chi connectivity index (χ4v) is 2.84. The molecule has 3 rings (SSSR count). The van der Waals surface area contributed by atoms with Gasteiger partial charge in [0.1, 0.15) is 11.7 Å². The number of carbonyl (C=O) groups excluding carboxylic acids is 1.